The largest absolute Gasteiger partial charge is 0.416 e. The van der Waals surface area contributed by atoms with E-state index in [1.54, 1.807) is 11.9 Å². The molecular formula is C18H22F3N3O2. The molecule has 142 valence electrons. The van der Waals surface area contributed by atoms with E-state index >= 15 is 0 Å². The zero-order chi connectivity index (χ0) is 18.9. The molecule has 2 N–H and O–H groups in total. The van der Waals surface area contributed by atoms with Crippen molar-refractivity contribution in [1.29, 1.82) is 0 Å². The minimum atomic E-state index is -4.44. The Labute approximate surface area is 149 Å². The van der Waals surface area contributed by atoms with Gasteiger partial charge in [0.15, 0.2) is 0 Å². The number of amides is 2. The smallest absolute Gasteiger partial charge is 0.343 e. The average Bonchev–Trinajstić information content (AvgIpc) is 2.95. The van der Waals surface area contributed by atoms with E-state index in [9.17, 15) is 22.8 Å². The third kappa shape index (κ3) is 4.17. The van der Waals surface area contributed by atoms with E-state index in [0.717, 1.165) is 49.9 Å². The summed E-state index contributed by atoms with van der Waals surface area (Å²) in [6, 6.07) is 4.99. The fourth-order valence-electron chi connectivity index (χ4n) is 3.74. The van der Waals surface area contributed by atoms with Gasteiger partial charge in [0.2, 0.25) is 5.91 Å². The van der Waals surface area contributed by atoms with Crippen LogP contribution in [0.1, 0.15) is 41.6 Å². The second-order valence-electron chi connectivity index (χ2n) is 7.03. The first kappa shape index (κ1) is 18.7. The first-order chi connectivity index (χ1) is 12.2. The topological polar surface area (TPSA) is 61.4 Å². The maximum atomic E-state index is 12.5. The monoisotopic (exact) mass is 369 g/mol. The molecule has 2 fully saturated rings. The number of nitrogens with one attached hydrogen (secondary N) is 2. The Bertz CT molecular complexity index is 663. The number of nitrogens with zero attached hydrogens (tertiary/aromatic N) is 1. The van der Waals surface area contributed by atoms with Crippen molar-refractivity contribution in [2.45, 2.75) is 50.0 Å². The normalized spacial score (nSPS) is 25.0. The molecule has 0 aromatic heterocycles. The molecule has 2 aliphatic heterocycles. The maximum absolute atomic E-state index is 12.5. The number of carbonyl (C=O) groups excluding carboxylic acids is 2. The Morgan fingerprint density at radius 1 is 1.15 bits per heavy atom. The van der Waals surface area contributed by atoms with Crippen molar-refractivity contribution >= 4 is 11.8 Å². The number of alkyl halides is 3. The van der Waals surface area contributed by atoms with Gasteiger partial charge in [0.25, 0.3) is 5.91 Å². The predicted molar refractivity (Wildman–Crippen MR) is 89.5 cm³/mol. The van der Waals surface area contributed by atoms with Crippen molar-refractivity contribution in [2.75, 3.05) is 13.6 Å². The molecular weight excluding hydrogens is 347 g/mol. The minimum absolute atomic E-state index is 0.0911. The quantitative estimate of drug-likeness (QED) is 0.855. The van der Waals surface area contributed by atoms with E-state index in [4.69, 9.17) is 0 Å². The second-order valence-corrected chi connectivity index (χ2v) is 7.03. The van der Waals surface area contributed by atoms with Gasteiger partial charge < -0.3 is 15.5 Å². The highest BCUT2D eigenvalue weighted by atomic mass is 19.4. The number of hydrogen-bond donors (Lipinski definition) is 2. The van der Waals surface area contributed by atoms with E-state index in [0.29, 0.717) is 12.1 Å². The van der Waals surface area contributed by atoms with Crippen LogP contribution in [-0.2, 0) is 11.0 Å². The summed E-state index contributed by atoms with van der Waals surface area (Å²) in [5.74, 6) is -0.762. The van der Waals surface area contributed by atoms with Crippen LogP contribution < -0.4 is 10.6 Å². The molecule has 2 saturated heterocycles. The van der Waals surface area contributed by atoms with Crippen LogP contribution in [0, 0.1) is 0 Å². The van der Waals surface area contributed by atoms with Gasteiger partial charge in [0.1, 0.15) is 0 Å². The van der Waals surface area contributed by atoms with Crippen LogP contribution in [0.15, 0.2) is 24.3 Å². The summed E-state index contributed by atoms with van der Waals surface area (Å²) in [5.41, 5.74) is -0.723. The van der Waals surface area contributed by atoms with Crippen molar-refractivity contribution in [3.8, 4) is 0 Å². The van der Waals surface area contributed by atoms with E-state index < -0.39 is 17.6 Å². The van der Waals surface area contributed by atoms with Gasteiger partial charge >= 0.3 is 6.18 Å². The molecule has 2 aliphatic rings. The van der Waals surface area contributed by atoms with Gasteiger partial charge in [-0.1, -0.05) is 0 Å². The molecule has 2 atom stereocenters. The van der Waals surface area contributed by atoms with E-state index in [1.807, 2.05) is 0 Å². The number of piperidine rings is 1. The van der Waals surface area contributed by atoms with Gasteiger partial charge in [-0.15, -0.1) is 0 Å². The summed E-state index contributed by atoms with van der Waals surface area (Å²) < 4.78 is 37.6. The first-order valence-corrected chi connectivity index (χ1v) is 8.71. The predicted octanol–water partition coefficient (Wildman–Crippen LogP) is 2.18. The van der Waals surface area contributed by atoms with Crippen LogP contribution >= 0.6 is 0 Å². The molecule has 5 nitrogen and oxygen atoms in total. The average molecular weight is 369 g/mol. The number of likely N-dealkylation sites (N-methyl/N-ethyl adjacent to an activating group) is 1. The lowest BCUT2D eigenvalue weighted by Crippen LogP contribution is -2.50. The van der Waals surface area contributed by atoms with Crippen LogP contribution in [0.25, 0.3) is 0 Å². The Morgan fingerprint density at radius 2 is 1.73 bits per heavy atom. The standard InChI is InChI=1S/C18H22F3N3O2/c1-24(15-8-13-6-7-14(9-15)23-13)16(25)10-22-17(26)11-2-4-12(5-3-11)18(19,20)21/h2-5,13-15,23H,6-10H2,1H3,(H,22,26). The Balaban J connectivity index is 1.51. The summed E-state index contributed by atoms with van der Waals surface area (Å²) in [6.07, 6.45) is -0.360. The van der Waals surface area contributed by atoms with Gasteiger partial charge in [-0.05, 0) is 49.9 Å². The lowest BCUT2D eigenvalue weighted by molar-refractivity contribution is -0.137. The molecule has 0 saturated carbocycles. The van der Waals surface area contributed by atoms with Crippen molar-refractivity contribution in [3.05, 3.63) is 35.4 Å². The lowest BCUT2D eigenvalue weighted by Gasteiger charge is -2.35. The molecule has 2 bridgehead atoms. The number of hydrogen-bond acceptors (Lipinski definition) is 3. The van der Waals surface area contributed by atoms with Gasteiger partial charge in [-0.3, -0.25) is 9.59 Å². The molecule has 2 unspecified atom stereocenters. The molecule has 0 spiro atoms. The van der Waals surface area contributed by atoms with Gasteiger partial charge in [0, 0.05) is 30.7 Å². The SMILES string of the molecule is CN(C(=O)CNC(=O)c1ccc(C(F)(F)F)cc1)C1CC2CCC(C1)N2. The zero-order valence-corrected chi connectivity index (χ0v) is 14.5. The van der Waals surface area contributed by atoms with Gasteiger partial charge in [-0.25, -0.2) is 0 Å². The number of carbonyl (C=O) groups is 2. The van der Waals surface area contributed by atoms with E-state index in [2.05, 4.69) is 10.6 Å². The number of benzene rings is 1. The van der Waals surface area contributed by atoms with E-state index in [-0.39, 0.29) is 24.1 Å². The molecule has 2 heterocycles. The minimum Gasteiger partial charge on any atom is -0.343 e. The molecule has 1 aromatic carbocycles. The number of rotatable bonds is 4. The Hall–Kier alpha value is -2.09. The number of fused-ring (bicyclic) bond motifs is 2. The maximum Gasteiger partial charge on any atom is 0.416 e. The first-order valence-electron chi connectivity index (χ1n) is 8.71. The molecule has 3 rings (SSSR count). The highest BCUT2D eigenvalue weighted by Gasteiger charge is 2.36. The molecule has 0 aliphatic carbocycles. The van der Waals surface area contributed by atoms with Crippen LogP contribution in [0.4, 0.5) is 13.2 Å². The summed E-state index contributed by atoms with van der Waals surface area (Å²) in [4.78, 5) is 26.1. The second kappa shape index (κ2) is 7.26. The molecule has 2 amide bonds. The van der Waals surface area contributed by atoms with Crippen LogP contribution in [0.5, 0.6) is 0 Å². The van der Waals surface area contributed by atoms with Crippen LogP contribution in [0.2, 0.25) is 0 Å². The zero-order valence-electron chi connectivity index (χ0n) is 14.5. The summed E-state index contributed by atoms with van der Waals surface area (Å²) in [6.45, 7) is -0.171. The Morgan fingerprint density at radius 3 is 2.27 bits per heavy atom. The van der Waals surface area contributed by atoms with E-state index in [1.165, 1.54) is 0 Å². The lowest BCUT2D eigenvalue weighted by atomic mass is 9.98. The molecule has 26 heavy (non-hydrogen) atoms. The molecule has 1 aromatic rings. The third-order valence-electron chi connectivity index (χ3n) is 5.26. The molecule has 0 radical (unpaired) electrons. The number of halogens is 3. The fraction of sp³-hybridized carbons (Fsp3) is 0.556. The fourth-order valence-corrected chi connectivity index (χ4v) is 3.74. The van der Waals surface area contributed by atoms with Crippen molar-refractivity contribution in [1.82, 2.24) is 15.5 Å². The highest BCUT2D eigenvalue weighted by molar-refractivity contribution is 5.96. The highest BCUT2D eigenvalue weighted by Crippen LogP contribution is 2.30. The summed E-state index contributed by atoms with van der Waals surface area (Å²) in [5, 5.41) is 6.00. The van der Waals surface area contributed by atoms with Gasteiger partial charge in [0.05, 0.1) is 12.1 Å². The summed E-state index contributed by atoms with van der Waals surface area (Å²) in [7, 11) is 1.74. The van der Waals surface area contributed by atoms with Crippen LogP contribution in [-0.4, -0.2) is 48.4 Å². The van der Waals surface area contributed by atoms with Crippen LogP contribution in [0.3, 0.4) is 0 Å². The van der Waals surface area contributed by atoms with Crippen molar-refractivity contribution in [3.63, 3.8) is 0 Å². The van der Waals surface area contributed by atoms with Crippen molar-refractivity contribution < 1.29 is 22.8 Å². The van der Waals surface area contributed by atoms with Crippen molar-refractivity contribution in [2.24, 2.45) is 0 Å². The third-order valence-corrected chi connectivity index (χ3v) is 5.26. The molecule has 8 heteroatoms. The Kier molecular flexibility index (Phi) is 5.22. The summed E-state index contributed by atoms with van der Waals surface area (Å²) >= 11 is 0. The van der Waals surface area contributed by atoms with Gasteiger partial charge in [-0.2, -0.15) is 13.2 Å².